The van der Waals surface area contributed by atoms with Gasteiger partial charge < -0.3 is 15.0 Å². The number of hydrogen-bond donors (Lipinski definition) is 1. The summed E-state index contributed by atoms with van der Waals surface area (Å²) < 4.78 is 30.1. The molecule has 2 aromatic carbocycles. The lowest BCUT2D eigenvalue weighted by molar-refractivity contribution is 0.414. The number of rotatable bonds is 8. The van der Waals surface area contributed by atoms with E-state index in [1.807, 2.05) is 25.1 Å². The van der Waals surface area contributed by atoms with E-state index in [0.717, 1.165) is 37.8 Å². The maximum absolute atomic E-state index is 12.4. The van der Waals surface area contributed by atoms with Gasteiger partial charge in [0.15, 0.2) is 15.8 Å². The molecule has 0 aromatic heterocycles. The van der Waals surface area contributed by atoms with Crippen LogP contribution >= 0.6 is 24.0 Å². The highest BCUT2D eigenvalue weighted by atomic mass is 127. The Morgan fingerprint density at radius 2 is 1.87 bits per heavy atom. The Balaban J connectivity index is 0.00000341. The van der Waals surface area contributed by atoms with Crippen molar-refractivity contribution in [3.05, 3.63) is 60.2 Å². The van der Waals surface area contributed by atoms with E-state index < -0.39 is 9.84 Å². The minimum Gasteiger partial charge on any atom is -0.497 e. The summed E-state index contributed by atoms with van der Waals surface area (Å²) in [5.41, 5.74) is 1.31. The van der Waals surface area contributed by atoms with Crippen LogP contribution in [0, 0.1) is 0 Å². The molecule has 31 heavy (non-hydrogen) atoms. The Bertz CT molecular complexity index is 934. The number of methoxy groups -OCH3 is 1. The zero-order valence-corrected chi connectivity index (χ0v) is 21.3. The second kappa shape index (κ2) is 12.3. The standard InChI is InChI=1S/C23H31N3O3S.HI/c1-3-24-23(25-15-7-17-30(27,28)22-8-5-4-6-9-22)26-16-14-20(18-26)19-10-12-21(29-2)13-11-19;/h4-6,8-13,20H,3,7,14-18H2,1-2H3,(H,24,25);1H. The summed E-state index contributed by atoms with van der Waals surface area (Å²) >= 11 is 0. The van der Waals surface area contributed by atoms with Gasteiger partial charge in [0.05, 0.1) is 17.8 Å². The molecular formula is C23H32IN3O3S. The third-order valence-electron chi connectivity index (χ3n) is 5.34. The highest BCUT2D eigenvalue weighted by Gasteiger charge is 2.26. The lowest BCUT2D eigenvalue weighted by Crippen LogP contribution is -2.40. The fourth-order valence-electron chi connectivity index (χ4n) is 3.71. The van der Waals surface area contributed by atoms with Gasteiger partial charge in [-0.2, -0.15) is 0 Å². The Morgan fingerprint density at radius 3 is 2.52 bits per heavy atom. The third kappa shape index (κ3) is 7.10. The van der Waals surface area contributed by atoms with Gasteiger partial charge in [0.2, 0.25) is 0 Å². The van der Waals surface area contributed by atoms with Crippen molar-refractivity contribution in [2.45, 2.75) is 30.6 Å². The molecule has 1 heterocycles. The molecule has 1 aliphatic rings. The number of guanidine groups is 1. The first-order valence-electron chi connectivity index (χ1n) is 10.5. The van der Waals surface area contributed by atoms with E-state index in [1.54, 1.807) is 31.4 Å². The Hall–Kier alpha value is -1.81. The second-order valence-corrected chi connectivity index (χ2v) is 9.54. The van der Waals surface area contributed by atoms with Gasteiger partial charge in [0.1, 0.15) is 5.75 Å². The van der Waals surface area contributed by atoms with Crippen molar-refractivity contribution in [3.8, 4) is 5.75 Å². The minimum absolute atomic E-state index is 0. The average Bonchev–Trinajstić information content (AvgIpc) is 3.27. The van der Waals surface area contributed by atoms with E-state index in [4.69, 9.17) is 9.73 Å². The van der Waals surface area contributed by atoms with Gasteiger partial charge in [0, 0.05) is 32.1 Å². The van der Waals surface area contributed by atoms with E-state index in [9.17, 15) is 8.42 Å². The van der Waals surface area contributed by atoms with E-state index in [-0.39, 0.29) is 29.7 Å². The SMILES string of the molecule is CCNC(=NCCCS(=O)(=O)c1ccccc1)N1CCC(c2ccc(OC)cc2)C1.I. The number of likely N-dealkylation sites (tertiary alicyclic amines) is 1. The number of benzene rings is 2. The van der Waals surface area contributed by atoms with Crippen LogP contribution in [0.15, 0.2) is 64.5 Å². The lowest BCUT2D eigenvalue weighted by atomic mass is 9.98. The van der Waals surface area contributed by atoms with Crippen molar-refractivity contribution in [3.63, 3.8) is 0 Å². The smallest absolute Gasteiger partial charge is 0.193 e. The predicted octanol–water partition coefficient (Wildman–Crippen LogP) is 3.93. The first-order valence-corrected chi connectivity index (χ1v) is 12.1. The molecule has 6 nitrogen and oxygen atoms in total. The van der Waals surface area contributed by atoms with Crippen molar-refractivity contribution in [1.82, 2.24) is 10.2 Å². The van der Waals surface area contributed by atoms with Gasteiger partial charge in [-0.25, -0.2) is 8.42 Å². The number of sulfone groups is 1. The molecule has 1 unspecified atom stereocenters. The largest absolute Gasteiger partial charge is 0.497 e. The Morgan fingerprint density at radius 1 is 1.16 bits per heavy atom. The molecule has 3 rings (SSSR count). The van der Waals surface area contributed by atoms with Crippen LogP contribution in [-0.2, 0) is 9.84 Å². The van der Waals surface area contributed by atoms with E-state index in [2.05, 4.69) is 22.3 Å². The van der Waals surface area contributed by atoms with Gasteiger partial charge in [-0.15, -0.1) is 24.0 Å². The van der Waals surface area contributed by atoms with Crippen molar-refractivity contribution in [2.24, 2.45) is 4.99 Å². The van der Waals surface area contributed by atoms with Crippen LogP contribution in [0.3, 0.4) is 0 Å². The number of halogens is 1. The molecule has 1 saturated heterocycles. The molecule has 8 heteroatoms. The number of aliphatic imine (C=N–C) groups is 1. The van der Waals surface area contributed by atoms with Crippen molar-refractivity contribution < 1.29 is 13.2 Å². The molecule has 1 aliphatic heterocycles. The maximum atomic E-state index is 12.4. The van der Waals surface area contributed by atoms with Crippen LogP contribution < -0.4 is 10.1 Å². The van der Waals surface area contributed by atoms with Gasteiger partial charge >= 0.3 is 0 Å². The fraction of sp³-hybridized carbons (Fsp3) is 0.435. The molecule has 0 aliphatic carbocycles. The van der Waals surface area contributed by atoms with E-state index in [1.165, 1.54) is 5.56 Å². The topological polar surface area (TPSA) is 71.0 Å². The minimum atomic E-state index is -3.25. The molecule has 0 spiro atoms. The zero-order chi connectivity index (χ0) is 21.4. The van der Waals surface area contributed by atoms with Crippen LogP contribution in [0.2, 0.25) is 0 Å². The number of ether oxygens (including phenoxy) is 1. The molecule has 0 saturated carbocycles. The first kappa shape index (κ1) is 25.5. The summed E-state index contributed by atoms with van der Waals surface area (Å²) in [7, 11) is -1.58. The van der Waals surface area contributed by atoms with Crippen LogP contribution in [0.25, 0.3) is 0 Å². The van der Waals surface area contributed by atoms with Gasteiger partial charge in [0.25, 0.3) is 0 Å². The summed E-state index contributed by atoms with van der Waals surface area (Å²) in [6.45, 7) is 5.15. The Labute approximate surface area is 203 Å². The first-order chi connectivity index (χ1) is 14.5. The molecule has 0 bridgehead atoms. The molecule has 0 radical (unpaired) electrons. The number of nitrogens with one attached hydrogen (secondary N) is 1. The lowest BCUT2D eigenvalue weighted by Gasteiger charge is -2.22. The van der Waals surface area contributed by atoms with Crippen molar-refractivity contribution >= 4 is 39.8 Å². The second-order valence-electron chi connectivity index (χ2n) is 7.43. The van der Waals surface area contributed by atoms with Crippen LogP contribution in [0.1, 0.15) is 31.2 Å². The van der Waals surface area contributed by atoms with Crippen LogP contribution in [-0.4, -0.2) is 58.3 Å². The molecule has 170 valence electrons. The normalized spacial score (nSPS) is 16.6. The zero-order valence-electron chi connectivity index (χ0n) is 18.2. The number of nitrogens with zero attached hydrogens (tertiary/aromatic N) is 2. The summed E-state index contributed by atoms with van der Waals surface area (Å²) in [5.74, 6) is 2.30. The average molecular weight is 557 g/mol. The fourth-order valence-corrected chi connectivity index (χ4v) is 5.03. The van der Waals surface area contributed by atoms with E-state index in [0.29, 0.717) is 23.8 Å². The summed E-state index contributed by atoms with van der Waals surface area (Å²) in [6, 6.07) is 16.9. The van der Waals surface area contributed by atoms with Gasteiger partial charge in [-0.3, -0.25) is 4.99 Å². The number of hydrogen-bond acceptors (Lipinski definition) is 4. The van der Waals surface area contributed by atoms with Crippen molar-refractivity contribution in [2.75, 3.05) is 39.0 Å². The molecule has 0 amide bonds. The summed E-state index contributed by atoms with van der Waals surface area (Å²) in [4.78, 5) is 7.34. The highest BCUT2D eigenvalue weighted by Crippen LogP contribution is 2.28. The van der Waals surface area contributed by atoms with E-state index >= 15 is 0 Å². The summed E-state index contributed by atoms with van der Waals surface area (Å²) in [5, 5.41) is 3.35. The molecule has 1 fully saturated rings. The molecule has 1 atom stereocenters. The quantitative estimate of drug-likeness (QED) is 0.231. The van der Waals surface area contributed by atoms with Gasteiger partial charge in [-0.1, -0.05) is 30.3 Å². The summed E-state index contributed by atoms with van der Waals surface area (Å²) in [6.07, 6.45) is 1.57. The molecular weight excluding hydrogens is 525 g/mol. The molecule has 2 aromatic rings. The molecule has 1 N–H and O–H groups in total. The maximum Gasteiger partial charge on any atom is 0.193 e. The third-order valence-corrected chi connectivity index (χ3v) is 7.16. The Kier molecular flexibility index (Phi) is 10.1. The predicted molar refractivity (Wildman–Crippen MR) is 136 cm³/mol. The van der Waals surface area contributed by atoms with Gasteiger partial charge in [-0.05, 0) is 49.6 Å². The van der Waals surface area contributed by atoms with Crippen molar-refractivity contribution in [1.29, 1.82) is 0 Å². The van der Waals surface area contributed by atoms with Crippen LogP contribution in [0.4, 0.5) is 0 Å². The monoisotopic (exact) mass is 557 g/mol. The highest BCUT2D eigenvalue weighted by molar-refractivity contribution is 14.0. The van der Waals surface area contributed by atoms with Crippen LogP contribution in [0.5, 0.6) is 5.75 Å².